The molecule has 4 aromatic rings. The molecule has 0 fully saturated rings. The highest BCUT2D eigenvalue weighted by Crippen LogP contribution is 2.34. The summed E-state index contributed by atoms with van der Waals surface area (Å²) >= 11 is 6.64. The first-order valence-electron chi connectivity index (χ1n) is 10.9. The zero-order valence-corrected chi connectivity index (χ0v) is 22.4. The van der Waals surface area contributed by atoms with E-state index in [4.69, 9.17) is 9.84 Å². The number of nitrogens with zero attached hydrogens (tertiary/aromatic N) is 4. The Bertz CT molecular complexity index is 1620. The van der Waals surface area contributed by atoms with E-state index in [9.17, 15) is 19.7 Å². The van der Waals surface area contributed by atoms with Crippen LogP contribution in [0.3, 0.4) is 0 Å². The standard InChI is InChI=1S/C25H18Br2N4O6/c1-2-22-29-20-8-7-17(26)10-19(20)24(32)30(22)28-12-16-9-18(27)11-21(31(35)36)23(16)37-13-14-3-5-15(6-4-14)25(33)34/h3-12H,2,13H2,1H3,(H,33,34). The molecular formula is C25H18Br2N4O6. The number of ether oxygens (including phenoxy) is 1. The zero-order chi connectivity index (χ0) is 26.7. The maximum atomic E-state index is 13.2. The van der Waals surface area contributed by atoms with Crippen molar-refractivity contribution in [3.8, 4) is 5.75 Å². The van der Waals surface area contributed by atoms with Gasteiger partial charge in [0.2, 0.25) is 5.75 Å². The number of halogens is 2. The smallest absolute Gasteiger partial charge is 0.335 e. The van der Waals surface area contributed by atoms with Crippen LogP contribution in [-0.2, 0) is 13.0 Å². The van der Waals surface area contributed by atoms with E-state index >= 15 is 0 Å². The number of carboxylic acid groups (broad SMARTS) is 1. The number of benzene rings is 3. The molecule has 12 heteroatoms. The molecule has 0 saturated carbocycles. The highest BCUT2D eigenvalue weighted by atomic mass is 79.9. The van der Waals surface area contributed by atoms with Gasteiger partial charge in [0.05, 0.1) is 27.6 Å². The third-order valence-corrected chi connectivity index (χ3v) is 6.30. The van der Waals surface area contributed by atoms with E-state index in [1.54, 1.807) is 36.4 Å². The van der Waals surface area contributed by atoms with Crippen molar-refractivity contribution in [2.24, 2.45) is 5.10 Å². The molecule has 0 saturated heterocycles. The van der Waals surface area contributed by atoms with E-state index in [1.165, 1.54) is 24.4 Å². The van der Waals surface area contributed by atoms with Gasteiger partial charge < -0.3 is 9.84 Å². The van der Waals surface area contributed by atoms with E-state index < -0.39 is 10.9 Å². The van der Waals surface area contributed by atoms with E-state index in [-0.39, 0.29) is 34.7 Å². The molecule has 0 unspecified atom stereocenters. The Morgan fingerprint density at radius 1 is 1.16 bits per heavy atom. The summed E-state index contributed by atoms with van der Waals surface area (Å²) in [4.78, 5) is 40.0. The van der Waals surface area contributed by atoms with Crippen LogP contribution in [0.4, 0.5) is 5.69 Å². The number of carbonyl (C=O) groups is 1. The van der Waals surface area contributed by atoms with Crippen molar-refractivity contribution >= 4 is 60.6 Å². The average molecular weight is 630 g/mol. The van der Waals surface area contributed by atoms with E-state index in [0.29, 0.717) is 37.7 Å². The number of fused-ring (bicyclic) bond motifs is 1. The molecule has 4 rings (SSSR count). The van der Waals surface area contributed by atoms with Crippen molar-refractivity contribution in [3.63, 3.8) is 0 Å². The fourth-order valence-electron chi connectivity index (χ4n) is 3.55. The van der Waals surface area contributed by atoms with Crippen LogP contribution < -0.4 is 10.3 Å². The highest BCUT2D eigenvalue weighted by molar-refractivity contribution is 9.10. The Labute approximate surface area is 226 Å². The summed E-state index contributed by atoms with van der Waals surface area (Å²) in [6.45, 7) is 1.78. The van der Waals surface area contributed by atoms with Gasteiger partial charge in [-0.1, -0.05) is 50.9 Å². The molecule has 0 aliphatic rings. The number of nitro groups is 1. The first kappa shape index (κ1) is 26.2. The highest BCUT2D eigenvalue weighted by Gasteiger charge is 2.21. The number of aryl methyl sites for hydroxylation is 1. The van der Waals surface area contributed by atoms with Crippen LogP contribution >= 0.6 is 31.9 Å². The monoisotopic (exact) mass is 628 g/mol. The zero-order valence-electron chi connectivity index (χ0n) is 19.2. The lowest BCUT2D eigenvalue weighted by Gasteiger charge is -2.11. The van der Waals surface area contributed by atoms with Gasteiger partial charge in [-0.25, -0.2) is 9.78 Å². The second kappa shape index (κ2) is 11.0. The molecule has 1 N–H and O–H groups in total. The second-order valence-electron chi connectivity index (χ2n) is 7.80. The molecular weight excluding hydrogens is 612 g/mol. The van der Waals surface area contributed by atoms with E-state index in [1.807, 2.05) is 6.92 Å². The van der Waals surface area contributed by atoms with Gasteiger partial charge in [-0.2, -0.15) is 9.78 Å². The van der Waals surface area contributed by atoms with Gasteiger partial charge in [-0.05, 0) is 42.0 Å². The fourth-order valence-corrected chi connectivity index (χ4v) is 4.37. The van der Waals surface area contributed by atoms with Gasteiger partial charge in [0.1, 0.15) is 12.4 Å². The van der Waals surface area contributed by atoms with Crippen LogP contribution in [0.15, 0.2) is 73.4 Å². The number of aromatic nitrogens is 2. The molecule has 0 spiro atoms. The van der Waals surface area contributed by atoms with Gasteiger partial charge in [0.15, 0.2) is 0 Å². The van der Waals surface area contributed by atoms with Gasteiger partial charge in [0.25, 0.3) is 5.56 Å². The molecule has 0 radical (unpaired) electrons. The van der Waals surface area contributed by atoms with Crippen molar-refractivity contribution < 1.29 is 19.6 Å². The lowest BCUT2D eigenvalue weighted by Crippen LogP contribution is -2.22. The predicted octanol–water partition coefficient (Wildman–Crippen LogP) is 5.55. The topological polar surface area (TPSA) is 137 Å². The van der Waals surface area contributed by atoms with E-state index in [2.05, 4.69) is 41.9 Å². The molecule has 1 heterocycles. The Kier molecular flexibility index (Phi) is 7.79. The van der Waals surface area contributed by atoms with Crippen LogP contribution in [0.5, 0.6) is 5.75 Å². The SMILES string of the molecule is CCc1nc2ccc(Br)cc2c(=O)n1N=Cc1cc(Br)cc([N+](=O)[O-])c1OCc1ccc(C(=O)O)cc1. The first-order chi connectivity index (χ1) is 17.7. The summed E-state index contributed by atoms with van der Waals surface area (Å²) in [7, 11) is 0. The second-order valence-corrected chi connectivity index (χ2v) is 9.63. The maximum Gasteiger partial charge on any atom is 0.335 e. The number of hydrogen-bond donors (Lipinski definition) is 1. The Hall–Kier alpha value is -3.90. The molecule has 0 atom stereocenters. The number of nitro benzene ring substituents is 1. The Morgan fingerprint density at radius 2 is 1.89 bits per heavy atom. The summed E-state index contributed by atoms with van der Waals surface area (Å²) in [5.41, 5.74) is 0.823. The molecule has 0 aliphatic carbocycles. The van der Waals surface area contributed by atoms with Crippen molar-refractivity contribution in [1.29, 1.82) is 0 Å². The van der Waals surface area contributed by atoms with Gasteiger partial charge in [0, 0.05) is 27.0 Å². The number of carboxylic acids is 1. The molecule has 0 aliphatic heterocycles. The molecule has 10 nitrogen and oxygen atoms in total. The van der Waals surface area contributed by atoms with Crippen LogP contribution in [0, 0.1) is 10.1 Å². The lowest BCUT2D eigenvalue weighted by molar-refractivity contribution is -0.386. The quantitative estimate of drug-likeness (QED) is 0.153. The molecule has 3 aromatic carbocycles. The minimum atomic E-state index is -1.06. The third-order valence-electron chi connectivity index (χ3n) is 5.35. The largest absolute Gasteiger partial charge is 0.481 e. The van der Waals surface area contributed by atoms with E-state index in [0.717, 1.165) is 4.68 Å². The third kappa shape index (κ3) is 5.75. The predicted molar refractivity (Wildman–Crippen MR) is 145 cm³/mol. The summed E-state index contributed by atoms with van der Waals surface area (Å²) < 4.78 is 8.12. The van der Waals surface area contributed by atoms with Crippen molar-refractivity contribution in [2.45, 2.75) is 20.0 Å². The molecule has 37 heavy (non-hydrogen) atoms. The number of hydrogen-bond acceptors (Lipinski definition) is 7. The van der Waals surface area contributed by atoms with Crippen LogP contribution in [-0.4, -0.2) is 31.9 Å². The normalized spacial score (nSPS) is 11.2. The van der Waals surface area contributed by atoms with Gasteiger partial charge >= 0.3 is 11.7 Å². The summed E-state index contributed by atoms with van der Waals surface area (Å²) in [5, 5.41) is 25.6. The maximum absolute atomic E-state index is 13.2. The summed E-state index contributed by atoms with van der Waals surface area (Å²) in [6.07, 6.45) is 1.74. The minimum Gasteiger partial charge on any atom is -0.481 e. The lowest BCUT2D eigenvalue weighted by atomic mass is 10.1. The Balaban J connectivity index is 1.76. The average Bonchev–Trinajstić information content (AvgIpc) is 2.87. The van der Waals surface area contributed by atoms with Crippen LogP contribution in [0.2, 0.25) is 0 Å². The Morgan fingerprint density at radius 3 is 2.54 bits per heavy atom. The van der Waals surface area contributed by atoms with Crippen LogP contribution in [0.1, 0.15) is 34.2 Å². The molecule has 188 valence electrons. The van der Waals surface area contributed by atoms with Crippen molar-refractivity contribution in [3.05, 3.63) is 107 Å². The summed E-state index contributed by atoms with van der Waals surface area (Å²) in [6, 6.07) is 14.0. The number of rotatable bonds is 8. The molecule has 0 amide bonds. The summed E-state index contributed by atoms with van der Waals surface area (Å²) in [5.74, 6) is -0.699. The first-order valence-corrected chi connectivity index (χ1v) is 12.4. The van der Waals surface area contributed by atoms with Crippen molar-refractivity contribution in [1.82, 2.24) is 9.66 Å². The fraction of sp³-hybridized carbons (Fsp3) is 0.120. The van der Waals surface area contributed by atoms with Crippen LogP contribution in [0.25, 0.3) is 10.9 Å². The van der Waals surface area contributed by atoms with Gasteiger partial charge in [-0.3, -0.25) is 14.9 Å². The van der Waals surface area contributed by atoms with Gasteiger partial charge in [-0.15, -0.1) is 0 Å². The number of aromatic carboxylic acids is 1. The molecule has 0 bridgehead atoms. The molecule has 1 aromatic heterocycles. The van der Waals surface area contributed by atoms with Crippen molar-refractivity contribution in [2.75, 3.05) is 0 Å². The minimum absolute atomic E-state index is 0.0538.